The van der Waals surface area contributed by atoms with Crippen LogP contribution in [0.25, 0.3) is 0 Å². The van der Waals surface area contributed by atoms with Crippen molar-refractivity contribution < 1.29 is 4.74 Å². The average molecular weight is 276 g/mol. The molecule has 0 radical (unpaired) electrons. The van der Waals surface area contributed by atoms with Crippen LogP contribution >= 0.6 is 11.6 Å². The molecule has 0 atom stereocenters. The molecule has 2 nitrogen and oxygen atoms in total. The van der Waals surface area contributed by atoms with Gasteiger partial charge in [0.05, 0.1) is 13.2 Å². The summed E-state index contributed by atoms with van der Waals surface area (Å²) >= 11 is 5.93. The van der Waals surface area contributed by atoms with Crippen molar-refractivity contribution in [3.05, 3.63) is 70.2 Å². The summed E-state index contributed by atoms with van der Waals surface area (Å²) in [5.74, 6) is 0. The van der Waals surface area contributed by atoms with Crippen molar-refractivity contribution in [2.24, 2.45) is 0 Å². The van der Waals surface area contributed by atoms with Crippen LogP contribution in [0.2, 0.25) is 5.02 Å². The molecular formula is C16H18ClNO. The number of ether oxygens (including phenoxy) is 1. The fourth-order valence-electron chi connectivity index (χ4n) is 1.95. The van der Waals surface area contributed by atoms with Crippen LogP contribution in [0.15, 0.2) is 48.5 Å². The Kier molecular flexibility index (Phi) is 5.40. The Hall–Kier alpha value is -1.35. The van der Waals surface area contributed by atoms with E-state index in [1.807, 2.05) is 31.3 Å². The normalized spacial score (nSPS) is 10.6. The first kappa shape index (κ1) is 14.1. The highest BCUT2D eigenvalue weighted by Crippen LogP contribution is 2.13. The lowest BCUT2D eigenvalue weighted by atomic mass is 10.1. The Morgan fingerprint density at radius 3 is 2.26 bits per heavy atom. The standard InChI is InChI=1S/C16H18ClNO/c1-18-10-13-4-2-5-14(8-13)11-19-12-15-6-3-7-16(17)9-15/h2-9,18H,10-12H2,1H3. The lowest BCUT2D eigenvalue weighted by molar-refractivity contribution is 0.107. The van der Waals surface area contributed by atoms with Crippen molar-refractivity contribution in [3.8, 4) is 0 Å². The van der Waals surface area contributed by atoms with Gasteiger partial charge in [-0.25, -0.2) is 0 Å². The van der Waals surface area contributed by atoms with E-state index in [0.717, 1.165) is 17.1 Å². The van der Waals surface area contributed by atoms with Crippen LogP contribution in [0.3, 0.4) is 0 Å². The quantitative estimate of drug-likeness (QED) is 0.866. The van der Waals surface area contributed by atoms with Crippen LogP contribution in [0.4, 0.5) is 0 Å². The van der Waals surface area contributed by atoms with E-state index in [0.29, 0.717) is 13.2 Å². The maximum Gasteiger partial charge on any atom is 0.0721 e. The van der Waals surface area contributed by atoms with Gasteiger partial charge < -0.3 is 10.1 Å². The van der Waals surface area contributed by atoms with E-state index in [9.17, 15) is 0 Å². The second-order valence-electron chi connectivity index (χ2n) is 4.47. The van der Waals surface area contributed by atoms with E-state index < -0.39 is 0 Å². The summed E-state index contributed by atoms with van der Waals surface area (Å²) in [6.07, 6.45) is 0. The highest BCUT2D eigenvalue weighted by Gasteiger charge is 1.98. The van der Waals surface area contributed by atoms with Gasteiger partial charge in [0.1, 0.15) is 0 Å². The Morgan fingerprint density at radius 1 is 0.947 bits per heavy atom. The van der Waals surface area contributed by atoms with Crippen molar-refractivity contribution in [1.82, 2.24) is 5.32 Å². The molecule has 0 aromatic heterocycles. The highest BCUT2D eigenvalue weighted by atomic mass is 35.5. The first-order valence-electron chi connectivity index (χ1n) is 6.32. The number of nitrogens with one attached hydrogen (secondary N) is 1. The Bertz CT molecular complexity index is 528. The van der Waals surface area contributed by atoms with E-state index >= 15 is 0 Å². The number of hydrogen-bond acceptors (Lipinski definition) is 2. The summed E-state index contributed by atoms with van der Waals surface area (Å²) in [6.45, 7) is 2.07. The van der Waals surface area contributed by atoms with Gasteiger partial charge in [0.25, 0.3) is 0 Å². The summed E-state index contributed by atoms with van der Waals surface area (Å²) in [7, 11) is 1.95. The first-order valence-corrected chi connectivity index (χ1v) is 6.70. The molecule has 0 fully saturated rings. The number of rotatable bonds is 6. The molecule has 0 aliphatic rings. The van der Waals surface area contributed by atoms with Crippen LogP contribution in [-0.4, -0.2) is 7.05 Å². The van der Waals surface area contributed by atoms with E-state index in [-0.39, 0.29) is 0 Å². The van der Waals surface area contributed by atoms with E-state index in [1.54, 1.807) is 0 Å². The zero-order valence-electron chi connectivity index (χ0n) is 11.0. The Morgan fingerprint density at radius 2 is 1.58 bits per heavy atom. The van der Waals surface area contributed by atoms with Crippen molar-refractivity contribution in [1.29, 1.82) is 0 Å². The molecule has 0 amide bonds. The molecule has 0 heterocycles. The molecule has 0 bridgehead atoms. The second-order valence-corrected chi connectivity index (χ2v) is 4.91. The molecule has 100 valence electrons. The third-order valence-electron chi connectivity index (χ3n) is 2.80. The Balaban J connectivity index is 1.87. The molecule has 0 aliphatic carbocycles. The van der Waals surface area contributed by atoms with Crippen molar-refractivity contribution in [2.75, 3.05) is 7.05 Å². The molecule has 2 aromatic carbocycles. The largest absolute Gasteiger partial charge is 0.372 e. The molecule has 19 heavy (non-hydrogen) atoms. The molecular weight excluding hydrogens is 258 g/mol. The van der Waals surface area contributed by atoms with Gasteiger partial charge in [0.15, 0.2) is 0 Å². The maximum absolute atomic E-state index is 5.93. The molecule has 2 rings (SSSR count). The zero-order chi connectivity index (χ0) is 13.5. The van der Waals surface area contributed by atoms with Crippen LogP contribution in [0.1, 0.15) is 16.7 Å². The van der Waals surface area contributed by atoms with Gasteiger partial charge in [0.2, 0.25) is 0 Å². The predicted octanol–water partition coefficient (Wildman–Crippen LogP) is 3.78. The van der Waals surface area contributed by atoms with Crippen LogP contribution < -0.4 is 5.32 Å². The highest BCUT2D eigenvalue weighted by molar-refractivity contribution is 6.30. The van der Waals surface area contributed by atoms with Crippen LogP contribution in [0.5, 0.6) is 0 Å². The lowest BCUT2D eigenvalue weighted by Gasteiger charge is -2.07. The topological polar surface area (TPSA) is 21.3 Å². The fourth-order valence-corrected chi connectivity index (χ4v) is 2.16. The summed E-state index contributed by atoms with van der Waals surface area (Å²) in [4.78, 5) is 0. The van der Waals surface area contributed by atoms with E-state index in [4.69, 9.17) is 16.3 Å². The molecule has 3 heteroatoms. The van der Waals surface area contributed by atoms with E-state index in [1.165, 1.54) is 11.1 Å². The summed E-state index contributed by atoms with van der Waals surface area (Å²) in [5.41, 5.74) is 3.56. The molecule has 0 spiro atoms. The SMILES string of the molecule is CNCc1cccc(COCc2cccc(Cl)c2)c1. The van der Waals surface area contributed by atoms with Crippen molar-refractivity contribution in [2.45, 2.75) is 19.8 Å². The smallest absolute Gasteiger partial charge is 0.0721 e. The van der Waals surface area contributed by atoms with Gasteiger partial charge >= 0.3 is 0 Å². The number of hydrogen-bond donors (Lipinski definition) is 1. The van der Waals surface area contributed by atoms with Gasteiger partial charge in [-0.3, -0.25) is 0 Å². The van der Waals surface area contributed by atoms with Crippen LogP contribution in [0, 0.1) is 0 Å². The predicted molar refractivity (Wildman–Crippen MR) is 79.2 cm³/mol. The minimum absolute atomic E-state index is 0.580. The lowest BCUT2D eigenvalue weighted by Crippen LogP contribution is -2.05. The minimum Gasteiger partial charge on any atom is -0.372 e. The van der Waals surface area contributed by atoms with Crippen LogP contribution in [-0.2, 0) is 24.5 Å². The molecule has 2 aromatic rings. The second kappa shape index (κ2) is 7.29. The Labute approximate surface area is 119 Å². The third-order valence-corrected chi connectivity index (χ3v) is 3.03. The number of halogens is 1. The minimum atomic E-state index is 0.580. The molecule has 1 N–H and O–H groups in total. The molecule has 0 saturated carbocycles. The third kappa shape index (κ3) is 4.67. The maximum atomic E-state index is 5.93. The monoisotopic (exact) mass is 275 g/mol. The van der Waals surface area contributed by atoms with Gasteiger partial charge in [-0.1, -0.05) is 48.0 Å². The summed E-state index contributed by atoms with van der Waals surface area (Å²) in [5, 5.41) is 3.89. The molecule has 0 unspecified atom stereocenters. The fraction of sp³-hybridized carbons (Fsp3) is 0.250. The molecule has 0 aliphatic heterocycles. The number of benzene rings is 2. The van der Waals surface area contributed by atoms with Gasteiger partial charge in [-0.15, -0.1) is 0 Å². The average Bonchev–Trinajstić information content (AvgIpc) is 2.40. The summed E-state index contributed by atoms with van der Waals surface area (Å²) in [6, 6.07) is 16.2. The van der Waals surface area contributed by atoms with Gasteiger partial charge in [-0.2, -0.15) is 0 Å². The van der Waals surface area contributed by atoms with Gasteiger partial charge in [0, 0.05) is 11.6 Å². The van der Waals surface area contributed by atoms with Crippen molar-refractivity contribution >= 4 is 11.6 Å². The van der Waals surface area contributed by atoms with Crippen molar-refractivity contribution in [3.63, 3.8) is 0 Å². The molecule has 0 saturated heterocycles. The van der Waals surface area contributed by atoms with Gasteiger partial charge in [-0.05, 0) is 35.9 Å². The van der Waals surface area contributed by atoms with E-state index in [2.05, 4.69) is 29.6 Å². The zero-order valence-corrected chi connectivity index (χ0v) is 11.8. The summed E-state index contributed by atoms with van der Waals surface area (Å²) < 4.78 is 5.71. The first-order chi connectivity index (χ1) is 9.28.